The molecule has 0 bridgehead atoms. The molecule has 22 heavy (non-hydrogen) atoms. The van der Waals surface area contributed by atoms with Gasteiger partial charge in [0.15, 0.2) is 5.96 Å². The average molecular weight is 337 g/mol. The topological polar surface area (TPSA) is 49.3 Å². The molecule has 6 heteroatoms. The number of guanidine groups is 1. The van der Waals surface area contributed by atoms with Crippen molar-refractivity contribution in [3.63, 3.8) is 0 Å². The molecule has 0 radical (unpaired) electrons. The highest BCUT2D eigenvalue weighted by Gasteiger charge is 2.00. The highest BCUT2D eigenvalue weighted by molar-refractivity contribution is 7.09. The van der Waals surface area contributed by atoms with Crippen LogP contribution < -0.4 is 10.6 Å². The molecule has 0 aliphatic rings. The van der Waals surface area contributed by atoms with Crippen molar-refractivity contribution in [1.82, 2.24) is 15.6 Å². The zero-order valence-corrected chi connectivity index (χ0v) is 14.9. The van der Waals surface area contributed by atoms with Gasteiger partial charge in [0.1, 0.15) is 0 Å². The fourth-order valence-corrected chi connectivity index (χ4v) is 3.50. The van der Waals surface area contributed by atoms with E-state index in [2.05, 4.69) is 49.7 Å². The molecule has 2 heterocycles. The van der Waals surface area contributed by atoms with Crippen molar-refractivity contribution in [3.05, 3.63) is 38.5 Å². The zero-order valence-electron chi connectivity index (χ0n) is 13.3. The molecular formula is C16H24N4S2. The monoisotopic (exact) mass is 336 g/mol. The number of thiophene rings is 1. The molecule has 2 N–H and O–H groups in total. The van der Waals surface area contributed by atoms with Crippen LogP contribution in [-0.4, -0.2) is 24.0 Å². The molecular weight excluding hydrogens is 312 g/mol. The van der Waals surface area contributed by atoms with Crippen molar-refractivity contribution in [1.29, 1.82) is 0 Å². The normalized spacial score (nSPS) is 11.6. The van der Waals surface area contributed by atoms with Crippen LogP contribution in [0, 0.1) is 6.92 Å². The lowest BCUT2D eigenvalue weighted by Crippen LogP contribution is -2.37. The first-order valence-corrected chi connectivity index (χ1v) is 9.54. The van der Waals surface area contributed by atoms with Gasteiger partial charge in [0.25, 0.3) is 0 Å². The van der Waals surface area contributed by atoms with Crippen molar-refractivity contribution < 1.29 is 0 Å². The second-order valence-electron chi connectivity index (χ2n) is 5.09. The summed E-state index contributed by atoms with van der Waals surface area (Å²) < 4.78 is 0. The van der Waals surface area contributed by atoms with Gasteiger partial charge in [-0.05, 0) is 55.5 Å². The van der Waals surface area contributed by atoms with Crippen LogP contribution in [0.25, 0.3) is 0 Å². The van der Waals surface area contributed by atoms with E-state index in [1.54, 1.807) is 22.7 Å². The van der Waals surface area contributed by atoms with Gasteiger partial charge < -0.3 is 10.6 Å². The zero-order chi connectivity index (χ0) is 15.6. The second-order valence-corrected chi connectivity index (χ2v) is 6.82. The van der Waals surface area contributed by atoms with Crippen molar-refractivity contribution in [2.75, 3.05) is 13.1 Å². The summed E-state index contributed by atoms with van der Waals surface area (Å²) in [6, 6.07) is 2.12. The summed E-state index contributed by atoms with van der Waals surface area (Å²) in [6.07, 6.45) is 3.36. The summed E-state index contributed by atoms with van der Waals surface area (Å²) >= 11 is 3.48. The number of unbranched alkanes of at least 4 members (excludes halogenated alkanes) is 1. The molecule has 0 saturated carbocycles. The Morgan fingerprint density at radius 2 is 2.18 bits per heavy atom. The average Bonchev–Trinajstić information content (AvgIpc) is 3.16. The van der Waals surface area contributed by atoms with E-state index in [1.807, 2.05) is 6.92 Å². The highest BCUT2D eigenvalue weighted by atomic mass is 32.1. The Balaban J connectivity index is 1.66. The van der Waals surface area contributed by atoms with E-state index in [1.165, 1.54) is 10.6 Å². The molecule has 0 amide bonds. The molecule has 0 aliphatic heterocycles. The standard InChI is InChI=1S/C16H24N4S2/c1-3-17-16(19-10-14-7-9-21-12-14)18-8-5-4-6-15-20-13(2)11-22-15/h7,9,11-12H,3-6,8,10H2,1-2H3,(H2,17,18,19). The Morgan fingerprint density at radius 3 is 2.86 bits per heavy atom. The van der Waals surface area contributed by atoms with Crippen LogP contribution in [0.2, 0.25) is 0 Å². The molecule has 2 aromatic rings. The minimum absolute atomic E-state index is 0.733. The summed E-state index contributed by atoms with van der Waals surface area (Å²) in [4.78, 5) is 9.10. The fourth-order valence-electron chi connectivity index (χ4n) is 2.02. The maximum absolute atomic E-state index is 4.61. The largest absolute Gasteiger partial charge is 0.357 e. The number of nitrogens with zero attached hydrogens (tertiary/aromatic N) is 2. The van der Waals surface area contributed by atoms with E-state index in [4.69, 9.17) is 0 Å². The van der Waals surface area contributed by atoms with Gasteiger partial charge in [-0.3, -0.25) is 0 Å². The number of hydrogen-bond donors (Lipinski definition) is 2. The first kappa shape index (κ1) is 17.0. The Labute approximate surface area is 140 Å². The maximum atomic E-state index is 4.61. The Morgan fingerprint density at radius 1 is 1.27 bits per heavy atom. The van der Waals surface area contributed by atoms with Crippen molar-refractivity contribution in [2.24, 2.45) is 4.99 Å². The molecule has 2 rings (SSSR count). The molecule has 0 aromatic carbocycles. The van der Waals surface area contributed by atoms with Gasteiger partial charge in [0.2, 0.25) is 0 Å². The highest BCUT2D eigenvalue weighted by Crippen LogP contribution is 2.11. The third-order valence-electron chi connectivity index (χ3n) is 3.12. The molecule has 0 unspecified atom stereocenters. The number of hydrogen-bond acceptors (Lipinski definition) is 4. The molecule has 0 saturated heterocycles. The lowest BCUT2D eigenvalue weighted by atomic mass is 10.2. The van der Waals surface area contributed by atoms with Gasteiger partial charge in [-0.2, -0.15) is 11.3 Å². The number of aryl methyl sites for hydroxylation is 2. The number of thiazole rings is 1. The van der Waals surface area contributed by atoms with Crippen LogP contribution in [0.5, 0.6) is 0 Å². The maximum Gasteiger partial charge on any atom is 0.191 e. The van der Waals surface area contributed by atoms with Crippen LogP contribution in [0.1, 0.15) is 36.0 Å². The minimum atomic E-state index is 0.733. The summed E-state index contributed by atoms with van der Waals surface area (Å²) in [5.41, 5.74) is 2.40. The van der Waals surface area contributed by atoms with Crippen molar-refractivity contribution in [2.45, 2.75) is 39.7 Å². The fraction of sp³-hybridized carbons (Fsp3) is 0.500. The predicted octanol–water partition coefficient (Wildman–Crippen LogP) is 3.59. The smallest absolute Gasteiger partial charge is 0.191 e. The molecule has 120 valence electrons. The van der Waals surface area contributed by atoms with E-state index >= 15 is 0 Å². The summed E-state index contributed by atoms with van der Waals surface area (Å²) in [7, 11) is 0. The molecule has 0 atom stereocenters. The molecule has 0 fully saturated rings. The van der Waals surface area contributed by atoms with Crippen LogP contribution >= 0.6 is 22.7 Å². The van der Waals surface area contributed by atoms with E-state index < -0.39 is 0 Å². The van der Waals surface area contributed by atoms with Gasteiger partial charge in [0.05, 0.1) is 11.6 Å². The van der Waals surface area contributed by atoms with Gasteiger partial charge in [-0.1, -0.05) is 0 Å². The van der Waals surface area contributed by atoms with Crippen molar-refractivity contribution >= 4 is 28.6 Å². The summed E-state index contributed by atoms with van der Waals surface area (Å²) in [5.74, 6) is 0.902. The Hall–Kier alpha value is -1.40. The van der Waals surface area contributed by atoms with Crippen LogP contribution in [-0.2, 0) is 13.0 Å². The van der Waals surface area contributed by atoms with E-state index in [-0.39, 0.29) is 0 Å². The van der Waals surface area contributed by atoms with Crippen LogP contribution in [0.4, 0.5) is 0 Å². The molecule has 0 spiro atoms. The Kier molecular flexibility index (Phi) is 7.39. The first-order chi connectivity index (χ1) is 10.8. The predicted molar refractivity (Wildman–Crippen MR) is 96.9 cm³/mol. The quantitative estimate of drug-likeness (QED) is 0.440. The van der Waals surface area contributed by atoms with Crippen LogP contribution in [0.3, 0.4) is 0 Å². The van der Waals surface area contributed by atoms with Gasteiger partial charge in [0, 0.05) is 24.2 Å². The van der Waals surface area contributed by atoms with Gasteiger partial charge >= 0.3 is 0 Å². The molecule has 2 aromatic heterocycles. The minimum Gasteiger partial charge on any atom is -0.357 e. The first-order valence-electron chi connectivity index (χ1n) is 7.72. The lowest BCUT2D eigenvalue weighted by Gasteiger charge is -2.10. The number of nitrogens with one attached hydrogen (secondary N) is 2. The summed E-state index contributed by atoms with van der Waals surface area (Å²) in [6.45, 7) is 6.70. The molecule has 0 aliphatic carbocycles. The lowest BCUT2D eigenvalue weighted by molar-refractivity contribution is 0.692. The number of aromatic nitrogens is 1. The van der Waals surface area contributed by atoms with Gasteiger partial charge in [-0.25, -0.2) is 9.98 Å². The van der Waals surface area contributed by atoms with Gasteiger partial charge in [-0.15, -0.1) is 11.3 Å². The third kappa shape index (κ3) is 6.15. The van der Waals surface area contributed by atoms with E-state index in [0.717, 1.165) is 50.6 Å². The number of aliphatic imine (C=N–C) groups is 1. The van der Waals surface area contributed by atoms with E-state index in [0.29, 0.717) is 0 Å². The Bertz CT molecular complexity index is 560. The van der Waals surface area contributed by atoms with Crippen LogP contribution in [0.15, 0.2) is 27.2 Å². The SMILES string of the molecule is CCNC(=NCc1ccsc1)NCCCCc1nc(C)cs1. The second kappa shape index (κ2) is 9.58. The summed E-state index contributed by atoms with van der Waals surface area (Å²) in [5, 5.41) is 14.3. The van der Waals surface area contributed by atoms with Crippen molar-refractivity contribution in [3.8, 4) is 0 Å². The van der Waals surface area contributed by atoms with E-state index in [9.17, 15) is 0 Å². The number of rotatable bonds is 8. The molecule has 4 nitrogen and oxygen atoms in total. The third-order valence-corrected chi connectivity index (χ3v) is 4.88.